The third kappa shape index (κ3) is 6.74. The van der Waals surface area contributed by atoms with Gasteiger partial charge in [-0.25, -0.2) is 0 Å². The van der Waals surface area contributed by atoms with Crippen LogP contribution < -0.4 is 10.1 Å². The first-order valence-corrected chi connectivity index (χ1v) is 8.13. The molecule has 0 saturated carbocycles. The number of nitrogens with one attached hydrogen (secondary N) is 2. The lowest BCUT2D eigenvalue weighted by molar-refractivity contribution is 0.0949. The van der Waals surface area contributed by atoms with E-state index in [0.29, 0.717) is 11.3 Å². The molecule has 0 fully saturated rings. The zero-order valence-corrected chi connectivity index (χ0v) is 13.9. The average molecular weight is 304 g/mol. The molecule has 1 aromatic carbocycles. The van der Waals surface area contributed by atoms with Crippen molar-refractivity contribution >= 4 is 11.6 Å². The minimum absolute atomic E-state index is 0.162. The number of carbonyl (C=O) groups is 1. The molecule has 0 aliphatic rings. The molecule has 1 atom stereocenters. The third-order valence-corrected chi connectivity index (χ3v) is 3.63. The maximum Gasteiger partial charge on any atom is 0.251 e. The standard InChI is InChI=1S/C18H28N2O2/c1-4-5-6-7-8-13-22-17-11-9-16(10-12-17)18(21)20-15(3)14(2)19/h9-12,15,19H,4-8,13H2,1-3H3,(H,20,21). The monoisotopic (exact) mass is 304 g/mol. The van der Waals surface area contributed by atoms with Crippen LogP contribution in [0.2, 0.25) is 0 Å². The summed E-state index contributed by atoms with van der Waals surface area (Å²) in [5, 5.41) is 10.3. The highest BCUT2D eigenvalue weighted by atomic mass is 16.5. The number of hydrogen-bond acceptors (Lipinski definition) is 3. The third-order valence-electron chi connectivity index (χ3n) is 3.63. The Morgan fingerprint density at radius 2 is 1.82 bits per heavy atom. The smallest absolute Gasteiger partial charge is 0.251 e. The fraction of sp³-hybridized carbons (Fsp3) is 0.556. The zero-order valence-electron chi connectivity index (χ0n) is 13.9. The molecule has 0 aromatic heterocycles. The zero-order chi connectivity index (χ0) is 16.4. The van der Waals surface area contributed by atoms with E-state index in [2.05, 4.69) is 12.2 Å². The second-order valence-corrected chi connectivity index (χ2v) is 5.67. The quantitative estimate of drug-likeness (QED) is 0.503. The second kappa shape index (κ2) is 9.98. The fourth-order valence-electron chi connectivity index (χ4n) is 1.99. The van der Waals surface area contributed by atoms with Gasteiger partial charge in [-0.3, -0.25) is 4.79 Å². The van der Waals surface area contributed by atoms with Crippen LogP contribution in [0.15, 0.2) is 24.3 Å². The summed E-state index contributed by atoms with van der Waals surface area (Å²) >= 11 is 0. The predicted octanol–water partition coefficient (Wildman–Crippen LogP) is 4.19. The number of ether oxygens (including phenoxy) is 1. The maximum absolute atomic E-state index is 12.0. The van der Waals surface area contributed by atoms with Crippen LogP contribution in [-0.2, 0) is 0 Å². The van der Waals surface area contributed by atoms with Gasteiger partial charge < -0.3 is 15.5 Å². The van der Waals surface area contributed by atoms with Gasteiger partial charge in [0.2, 0.25) is 0 Å². The molecule has 0 bridgehead atoms. The summed E-state index contributed by atoms with van der Waals surface area (Å²) in [4.78, 5) is 12.0. The minimum atomic E-state index is -0.244. The molecule has 1 aromatic rings. The van der Waals surface area contributed by atoms with Crippen molar-refractivity contribution in [2.45, 2.75) is 58.9 Å². The second-order valence-electron chi connectivity index (χ2n) is 5.67. The maximum atomic E-state index is 12.0. The summed E-state index contributed by atoms with van der Waals surface area (Å²) in [7, 11) is 0. The summed E-state index contributed by atoms with van der Waals surface area (Å²) in [6.45, 7) is 6.41. The van der Waals surface area contributed by atoms with Gasteiger partial charge >= 0.3 is 0 Å². The molecule has 0 aliphatic carbocycles. The van der Waals surface area contributed by atoms with Crippen molar-refractivity contribution in [3.05, 3.63) is 29.8 Å². The molecule has 1 rings (SSSR count). The van der Waals surface area contributed by atoms with E-state index < -0.39 is 0 Å². The van der Waals surface area contributed by atoms with E-state index in [-0.39, 0.29) is 11.9 Å². The number of hydrogen-bond donors (Lipinski definition) is 2. The van der Waals surface area contributed by atoms with E-state index in [1.807, 2.05) is 12.1 Å². The molecule has 4 heteroatoms. The molecule has 0 spiro atoms. The summed E-state index contributed by atoms with van der Waals surface area (Å²) in [5.74, 6) is 0.633. The van der Waals surface area contributed by atoms with Crippen molar-refractivity contribution in [2.24, 2.45) is 0 Å². The largest absolute Gasteiger partial charge is 0.494 e. The van der Waals surface area contributed by atoms with Gasteiger partial charge in [0, 0.05) is 11.3 Å². The normalized spacial score (nSPS) is 11.8. The van der Waals surface area contributed by atoms with E-state index >= 15 is 0 Å². The SMILES string of the molecule is CCCCCCCOc1ccc(C(=O)NC(C)C(C)=N)cc1. The summed E-state index contributed by atoms with van der Waals surface area (Å²) < 4.78 is 5.67. The minimum Gasteiger partial charge on any atom is -0.494 e. The summed E-state index contributed by atoms with van der Waals surface area (Å²) in [6, 6.07) is 6.92. The average Bonchev–Trinajstić information content (AvgIpc) is 2.51. The molecule has 0 heterocycles. The molecule has 2 N–H and O–H groups in total. The molecular weight excluding hydrogens is 276 g/mol. The number of amides is 1. The molecule has 0 saturated heterocycles. The van der Waals surface area contributed by atoms with E-state index in [0.717, 1.165) is 18.8 Å². The van der Waals surface area contributed by atoms with Crippen molar-refractivity contribution in [3.63, 3.8) is 0 Å². The topological polar surface area (TPSA) is 62.2 Å². The first-order valence-electron chi connectivity index (χ1n) is 8.13. The highest BCUT2D eigenvalue weighted by Gasteiger charge is 2.10. The van der Waals surface area contributed by atoms with Crippen LogP contribution in [0.5, 0.6) is 5.75 Å². The lowest BCUT2D eigenvalue weighted by Gasteiger charge is -2.12. The van der Waals surface area contributed by atoms with E-state index in [1.54, 1.807) is 26.0 Å². The van der Waals surface area contributed by atoms with Crippen LogP contribution in [0.3, 0.4) is 0 Å². The van der Waals surface area contributed by atoms with E-state index in [1.165, 1.54) is 25.7 Å². The Morgan fingerprint density at radius 3 is 2.41 bits per heavy atom. The van der Waals surface area contributed by atoms with Crippen molar-refractivity contribution in [1.29, 1.82) is 5.41 Å². The highest BCUT2D eigenvalue weighted by Crippen LogP contribution is 2.13. The molecule has 22 heavy (non-hydrogen) atoms. The molecule has 122 valence electrons. The van der Waals surface area contributed by atoms with Gasteiger partial charge in [0.05, 0.1) is 12.6 Å². The van der Waals surface area contributed by atoms with Gasteiger partial charge in [-0.2, -0.15) is 0 Å². The van der Waals surface area contributed by atoms with Crippen LogP contribution in [0, 0.1) is 5.41 Å². The van der Waals surface area contributed by atoms with Gasteiger partial charge in [-0.1, -0.05) is 32.6 Å². The van der Waals surface area contributed by atoms with Crippen molar-refractivity contribution in [3.8, 4) is 5.75 Å². The van der Waals surface area contributed by atoms with Crippen LogP contribution in [0.25, 0.3) is 0 Å². The Kier molecular flexibility index (Phi) is 8.26. The van der Waals surface area contributed by atoms with Gasteiger partial charge in [0.25, 0.3) is 5.91 Å². The Morgan fingerprint density at radius 1 is 1.18 bits per heavy atom. The van der Waals surface area contributed by atoms with Crippen LogP contribution in [0.4, 0.5) is 0 Å². The first kappa shape index (κ1) is 18.2. The van der Waals surface area contributed by atoms with Crippen LogP contribution >= 0.6 is 0 Å². The lowest BCUT2D eigenvalue weighted by Crippen LogP contribution is -2.36. The molecule has 0 radical (unpaired) electrons. The molecular formula is C18H28N2O2. The predicted molar refractivity (Wildman–Crippen MR) is 91.0 cm³/mol. The fourth-order valence-corrected chi connectivity index (χ4v) is 1.99. The van der Waals surface area contributed by atoms with Gasteiger partial charge in [-0.15, -0.1) is 0 Å². The molecule has 1 amide bonds. The Hall–Kier alpha value is -1.84. The van der Waals surface area contributed by atoms with E-state index in [4.69, 9.17) is 10.1 Å². The number of benzene rings is 1. The Labute approximate surface area is 133 Å². The summed E-state index contributed by atoms with van der Waals surface area (Å²) in [5.41, 5.74) is 1.03. The summed E-state index contributed by atoms with van der Waals surface area (Å²) in [6.07, 6.45) is 6.08. The highest BCUT2D eigenvalue weighted by molar-refractivity contribution is 5.97. The van der Waals surface area contributed by atoms with Crippen molar-refractivity contribution in [1.82, 2.24) is 5.32 Å². The van der Waals surface area contributed by atoms with Crippen molar-refractivity contribution < 1.29 is 9.53 Å². The lowest BCUT2D eigenvalue weighted by atomic mass is 10.1. The van der Waals surface area contributed by atoms with Gasteiger partial charge in [-0.05, 0) is 44.5 Å². The number of unbranched alkanes of at least 4 members (excludes halogenated alkanes) is 4. The number of rotatable bonds is 10. The number of carbonyl (C=O) groups excluding carboxylic acids is 1. The Bertz CT molecular complexity index is 468. The first-order chi connectivity index (χ1) is 10.5. The van der Waals surface area contributed by atoms with E-state index in [9.17, 15) is 4.79 Å². The molecule has 0 aliphatic heterocycles. The van der Waals surface area contributed by atoms with Crippen molar-refractivity contribution in [2.75, 3.05) is 6.61 Å². The molecule has 4 nitrogen and oxygen atoms in total. The van der Waals surface area contributed by atoms with Crippen LogP contribution in [-0.4, -0.2) is 24.3 Å². The molecule has 1 unspecified atom stereocenters. The Balaban J connectivity index is 2.36. The van der Waals surface area contributed by atoms with Crippen LogP contribution in [0.1, 0.15) is 63.2 Å². The van der Waals surface area contributed by atoms with Gasteiger partial charge in [0.1, 0.15) is 5.75 Å². The van der Waals surface area contributed by atoms with Gasteiger partial charge in [0.15, 0.2) is 0 Å².